The fourth-order valence-corrected chi connectivity index (χ4v) is 1.53. The van der Waals surface area contributed by atoms with E-state index in [1.54, 1.807) is 0 Å². The van der Waals surface area contributed by atoms with Gasteiger partial charge in [0.15, 0.2) is 0 Å². The summed E-state index contributed by atoms with van der Waals surface area (Å²) < 4.78 is 1.02. The van der Waals surface area contributed by atoms with Crippen LogP contribution in [0.25, 0.3) is 0 Å². The number of halogens is 1. The second kappa shape index (κ2) is 6.92. The maximum absolute atomic E-state index is 2.42. The molecule has 0 aliphatic heterocycles. The molecule has 0 amide bonds. The van der Waals surface area contributed by atoms with Gasteiger partial charge in [-0.25, -0.2) is 0 Å². The molecule has 0 atom stereocenters. The zero-order valence-corrected chi connectivity index (χ0v) is 12.4. The summed E-state index contributed by atoms with van der Waals surface area (Å²) in [6.07, 6.45) is 0. The Bertz CT molecular complexity index is 280. The van der Waals surface area contributed by atoms with Gasteiger partial charge in [-0.2, -0.15) is 0 Å². The molecule has 0 bridgehead atoms. The minimum Gasteiger partial charge on any atom is -1.00 e. The summed E-state index contributed by atoms with van der Waals surface area (Å²) in [5.74, 6) is 0. The molecule has 1 rings (SSSR count). The number of hydrogen-bond donors (Lipinski definition) is 0. The van der Waals surface area contributed by atoms with Gasteiger partial charge in [0.05, 0.1) is 34.2 Å². The lowest BCUT2D eigenvalue weighted by Gasteiger charge is -2.29. The summed E-state index contributed by atoms with van der Waals surface area (Å²) in [7, 11) is 6.70. The van der Waals surface area contributed by atoms with E-state index in [-0.39, 0.29) is 17.0 Å². The SMILES string of the molecule is CCN(CC[N+](C)(C)C)c1ccccc1.[Br-]. The smallest absolute Gasteiger partial charge is 0.0958 e. The number of hydrogen-bond acceptors (Lipinski definition) is 1. The molecule has 0 aromatic heterocycles. The molecule has 1 aromatic rings. The molecule has 16 heavy (non-hydrogen) atoms. The molecule has 0 heterocycles. The number of rotatable bonds is 5. The van der Waals surface area contributed by atoms with Crippen molar-refractivity contribution in [3.05, 3.63) is 30.3 Å². The standard InChI is InChI=1S/C13H23N2.BrH/c1-5-14(11-12-15(2,3)4)13-9-7-6-8-10-13;/h6-10H,5,11-12H2,1-4H3;1H/q+1;/p-1. The highest BCUT2D eigenvalue weighted by atomic mass is 79.9. The average Bonchev–Trinajstić information content (AvgIpc) is 2.19. The Hall–Kier alpha value is -0.540. The van der Waals surface area contributed by atoms with Crippen LogP contribution in [0.3, 0.4) is 0 Å². The van der Waals surface area contributed by atoms with Crippen LogP contribution in [0.15, 0.2) is 30.3 Å². The number of anilines is 1. The largest absolute Gasteiger partial charge is 1.00 e. The third-order valence-electron chi connectivity index (χ3n) is 2.54. The lowest BCUT2D eigenvalue weighted by molar-refractivity contribution is -0.868. The highest BCUT2D eigenvalue weighted by Gasteiger charge is 2.10. The van der Waals surface area contributed by atoms with E-state index in [1.807, 2.05) is 0 Å². The van der Waals surface area contributed by atoms with Gasteiger partial charge in [0.25, 0.3) is 0 Å². The van der Waals surface area contributed by atoms with Crippen LogP contribution in [0.5, 0.6) is 0 Å². The monoisotopic (exact) mass is 286 g/mol. The second-order valence-electron chi connectivity index (χ2n) is 4.93. The van der Waals surface area contributed by atoms with E-state index in [0.717, 1.165) is 17.6 Å². The van der Waals surface area contributed by atoms with Crippen molar-refractivity contribution in [1.82, 2.24) is 0 Å². The molecule has 0 fully saturated rings. The molecule has 0 spiro atoms. The predicted molar refractivity (Wildman–Crippen MR) is 67.2 cm³/mol. The molecule has 0 saturated heterocycles. The van der Waals surface area contributed by atoms with Crippen molar-refractivity contribution in [2.45, 2.75) is 6.92 Å². The average molecular weight is 287 g/mol. The first-order chi connectivity index (χ1) is 7.03. The summed E-state index contributed by atoms with van der Waals surface area (Å²) in [4.78, 5) is 2.42. The molecule has 0 radical (unpaired) electrons. The normalized spacial score (nSPS) is 10.8. The van der Waals surface area contributed by atoms with Gasteiger partial charge in [0.2, 0.25) is 0 Å². The van der Waals surface area contributed by atoms with Crippen molar-refractivity contribution >= 4 is 5.69 Å². The van der Waals surface area contributed by atoms with Crippen LogP contribution in [-0.2, 0) is 0 Å². The highest BCUT2D eigenvalue weighted by molar-refractivity contribution is 5.45. The Morgan fingerprint density at radius 2 is 1.62 bits per heavy atom. The number of likely N-dealkylation sites (N-methyl/N-ethyl adjacent to an activating group) is 2. The first kappa shape index (κ1) is 15.5. The Morgan fingerprint density at radius 1 is 1.06 bits per heavy atom. The van der Waals surface area contributed by atoms with Crippen LogP contribution in [0, 0.1) is 0 Å². The fourth-order valence-electron chi connectivity index (χ4n) is 1.53. The number of quaternary nitrogens is 1. The van der Waals surface area contributed by atoms with Gasteiger partial charge in [-0.05, 0) is 19.1 Å². The van der Waals surface area contributed by atoms with Crippen molar-refractivity contribution < 1.29 is 21.5 Å². The molecule has 2 nitrogen and oxygen atoms in total. The molecular formula is C13H23BrN2. The number of benzene rings is 1. The van der Waals surface area contributed by atoms with Gasteiger partial charge < -0.3 is 26.4 Å². The molecule has 1 aromatic carbocycles. The molecule has 0 aliphatic rings. The van der Waals surface area contributed by atoms with Crippen LogP contribution in [0.4, 0.5) is 5.69 Å². The Labute approximate surface area is 110 Å². The lowest BCUT2D eigenvalue weighted by Crippen LogP contribution is -3.00. The van der Waals surface area contributed by atoms with E-state index in [9.17, 15) is 0 Å². The summed E-state index contributed by atoms with van der Waals surface area (Å²) >= 11 is 0. The van der Waals surface area contributed by atoms with E-state index in [2.05, 4.69) is 63.3 Å². The molecule has 0 saturated carbocycles. The van der Waals surface area contributed by atoms with E-state index in [0.29, 0.717) is 0 Å². The third-order valence-corrected chi connectivity index (χ3v) is 2.54. The summed E-state index contributed by atoms with van der Waals surface area (Å²) in [6, 6.07) is 10.6. The Kier molecular flexibility index (Phi) is 6.68. The van der Waals surface area contributed by atoms with E-state index in [1.165, 1.54) is 12.2 Å². The van der Waals surface area contributed by atoms with E-state index >= 15 is 0 Å². The minimum atomic E-state index is 0. The lowest BCUT2D eigenvalue weighted by atomic mass is 10.3. The topological polar surface area (TPSA) is 3.24 Å². The highest BCUT2D eigenvalue weighted by Crippen LogP contribution is 2.12. The maximum Gasteiger partial charge on any atom is 0.0958 e. The Morgan fingerprint density at radius 3 is 2.06 bits per heavy atom. The zero-order chi connectivity index (χ0) is 11.3. The minimum absolute atomic E-state index is 0. The van der Waals surface area contributed by atoms with Crippen LogP contribution in [0.1, 0.15) is 6.92 Å². The molecule has 0 N–H and O–H groups in total. The van der Waals surface area contributed by atoms with E-state index < -0.39 is 0 Å². The number of nitrogens with zero attached hydrogens (tertiary/aromatic N) is 2. The Balaban J connectivity index is 0.00000225. The summed E-state index contributed by atoms with van der Waals surface area (Å²) in [6.45, 7) is 5.57. The molecule has 92 valence electrons. The van der Waals surface area contributed by atoms with Gasteiger partial charge in [-0.15, -0.1) is 0 Å². The third kappa shape index (κ3) is 5.52. The quantitative estimate of drug-likeness (QED) is 0.643. The predicted octanol–water partition coefficient (Wildman–Crippen LogP) is -0.777. The van der Waals surface area contributed by atoms with Gasteiger partial charge in [-0.3, -0.25) is 0 Å². The van der Waals surface area contributed by atoms with Crippen molar-refractivity contribution in [3.63, 3.8) is 0 Å². The van der Waals surface area contributed by atoms with Crippen LogP contribution in [-0.4, -0.2) is 45.3 Å². The first-order valence-corrected chi connectivity index (χ1v) is 5.63. The van der Waals surface area contributed by atoms with Gasteiger partial charge >= 0.3 is 0 Å². The van der Waals surface area contributed by atoms with Crippen LogP contribution >= 0.6 is 0 Å². The maximum atomic E-state index is 2.42. The second-order valence-corrected chi connectivity index (χ2v) is 4.93. The molecule has 0 aliphatic carbocycles. The van der Waals surface area contributed by atoms with Crippen molar-refractivity contribution in [1.29, 1.82) is 0 Å². The fraction of sp³-hybridized carbons (Fsp3) is 0.538. The summed E-state index contributed by atoms with van der Waals surface area (Å²) in [5, 5.41) is 0. The molecular weight excluding hydrogens is 264 g/mol. The van der Waals surface area contributed by atoms with E-state index in [4.69, 9.17) is 0 Å². The summed E-state index contributed by atoms with van der Waals surface area (Å²) in [5.41, 5.74) is 1.33. The van der Waals surface area contributed by atoms with Gasteiger partial charge in [0.1, 0.15) is 0 Å². The van der Waals surface area contributed by atoms with Gasteiger partial charge in [-0.1, -0.05) is 18.2 Å². The molecule has 3 heteroatoms. The number of para-hydroxylation sites is 1. The first-order valence-electron chi connectivity index (χ1n) is 5.63. The zero-order valence-electron chi connectivity index (χ0n) is 10.8. The van der Waals surface area contributed by atoms with Crippen LogP contribution < -0.4 is 21.9 Å². The molecule has 0 unspecified atom stereocenters. The van der Waals surface area contributed by atoms with Crippen molar-refractivity contribution in [2.24, 2.45) is 0 Å². The van der Waals surface area contributed by atoms with Crippen molar-refractivity contribution in [3.8, 4) is 0 Å². The van der Waals surface area contributed by atoms with Gasteiger partial charge in [0, 0.05) is 12.2 Å². The van der Waals surface area contributed by atoms with Crippen LogP contribution in [0.2, 0.25) is 0 Å². The van der Waals surface area contributed by atoms with Crippen molar-refractivity contribution in [2.75, 3.05) is 45.7 Å².